The van der Waals surface area contributed by atoms with Gasteiger partial charge in [0.25, 0.3) is 0 Å². The van der Waals surface area contributed by atoms with Gasteiger partial charge in [0.05, 0.1) is 24.4 Å². The fourth-order valence-electron chi connectivity index (χ4n) is 3.74. The molecule has 6 heteroatoms. The van der Waals surface area contributed by atoms with Crippen molar-refractivity contribution in [2.45, 2.75) is 39.7 Å². The monoisotopic (exact) mass is 525 g/mol. The van der Waals surface area contributed by atoms with Crippen LogP contribution < -0.4 is 5.32 Å². The van der Waals surface area contributed by atoms with Crippen molar-refractivity contribution in [3.63, 3.8) is 0 Å². The first kappa shape index (κ1) is 21.6. The molecule has 158 valence electrons. The maximum atomic E-state index is 12.7. The minimum Gasteiger partial charge on any atom is -0.392 e. The Labute approximate surface area is 195 Å². The number of aromatic nitrogens is 2. The Kier molecular flexibility index (Phi) is 6.48. The number of rotatable bonds is 5. The molecule has 0 unspecified atom stereocenters. The fraction of sp³-hybridized carbons (Fsp3) is 0.240. The summed E-state index contributed by atoms with van der Waals surface area (Å²) in [5.74, 6) is 0.397. The third-order valence-corrected chi connectivity index (χ3v) is 5.91. The number of benzene rings is 2. The van der Waals surface area contributed by atoms with Gasteiger partial charge < -0.3 is 10.4 Å². The van der Waals surface area contributed by atoms with Crippen LogP contribution in [0, 0.1) is 3.57 Å². The Morgan fingerprint density at radius 1 is 1.10 bits per heavy atom. The second-order valence-corrected chi connectivity index (χ2v) is 9.22. The lowest BCUT2D eigenvalue weighted by atomic mass is 9.90. The Morgan fingerprint density at radius 2 is 1.84 bits per heavy atom. The largest absolute Gasteiger partial charge is 0.392 e. The third-order valence-electron chi connectivity index (χ3n) is 5.19. The van der Waals surface area contributed by atoms with E-state index < -0.39 is 0 Å². The van der Waals surface area contributed by atoms with Crippen molar-refractivity contribution in [1.29, 1.82) is 0 Å². The number of halogens is 1. The number of fused-ring (bicyclic) bond motifs is 3. The van der Waals surface area contributed by atoms with Gasteiger partial charge in [-0.05, 0) is 84.2 Å². The van der Waals surface area contributed by atoms with E-state index in [2.05, 4.69) is 27.9 Å². The lowest BCUT2D eigenvalue weighted by molar-refractivity contribution is -0.115. The van der Waals surface area contributed by atoms with E-state index in [0.29, 0.717) is 11.5 Å². The highest BCUT2D eigenvalue weighted by Crippen LogP contribution is 2.34. The SMILES string of the molecule is CC(C)=Cc1nc2c(nc1NC(=O)Cc1ccc(I)cc1)CCc1cc(CO)ccc1-2. The molecule has 1 heterocycles. The maximum absolute atomic E-state index is 12.7. The molecule has 0 saturated heterocycles. The molecule has 31 heavy (non-hydrogen) atoms. The van der Waals surface area contributed by atoms with Crippen LogP contribution in [0.2, 0.25) is 0 Å². The van der Waals surface area contributed by atoms with E-state index in [0.717, 1.165) is 50.1 Å². The van der Waals surface area contributed by atoms with Gasteiger partial charge in [-0.2, -0.15) is 0 Å². The topological polar surface area (TPSA) is 75.1 Å². The van der Waals surface area contributed by atoms with E-state index in [1.54, 1.807) is 0 Å². The molecule has 0 aliphatic heterocycles. The third kappa shape index (κ3) is 5.02. The molecular weight excluding hydrogens is 501 g/mol. The lowest BCUT2D eigenvalue weighted by Gasteiger charge is -2.21. The molecule has 0 saturated carbocycles. The van der Waals surface area contributed by atoms with E-state index in [1.165, 1.54) is 5.56 Å². The van der Waals surface area contributed by atoms with Gasteiger partial charge in [0.1, 0.15) is 5.69 Å². The van der Waals surface area contributed by atoms with Crippen LogP contribution in [0.4, 0.5) is 5.82 Å². The number of nitrogens with zero attached hydrogens (tertiary/aromatic N) is 2. The van der Waals surface area contributed by atoms with Gasteiger partial charge in [-0.15, -0.1) is 0 Å². The molecule has 2 N–H and O–H groups in total. The fourth-order valence-corrected chi connectivity index (χ4v) is 4.10. The zero-order valence-electron chi connectivity index (χ0n) is 17.6. The van der Waals surface area contributed by atoms with Gasteiger partial charge in [-0.1, -0.05) is 35.9 Å². The molecule has 3 aromatic rings. The summed E-state index contributed by atoms with van der Waals surface area (Å²) in [6, 6.07) is 13.9. The highest BCUT2D eigenvalue weighted by molar-refractivity contribution is 14.1. The predicted octanol–water partition coefficient (Wildman–Crippen LogP) is 4.94. The van der Waals surface area contributed by atoms with E-state index in [-0.39, 0.29) is 18.9 Å². The van der Waals surface area contributed by atoms with Crippen molar-refractivity contribution in [2.75, 3.05) is 5.32 Å². The highest BCUT2D eigenvalue weighted by atomic mass is 127. The second-order valence-electron chi connectivity index (χ2n) is 7.98. The van der Waals surface area contributed by atoms with Crippen LogP contribution in [-0.2, 0) is 30.7 Å². The van der Waals surface area contributed by atoms with Crippen LogP contribution in [0.15, 0.2) is 48.0 Å². The molecular formula is C25H24IN3O2. The van der Waals surface area contributed by atoms with Gasteiger partial charge >= 0.3 is 0 Å². The number of aliphatic hydroxyl groups excluding tert-OH is 1. The molecule has 1 aliphatic carbocycles. The number of carbonyl (C=O) groups excluding carboxylic acids is 1. The number of amides is 1. The average Bonchev–Trinajstić information content (AvgIpc) is 2.75. The van der Waals surface area contributed by atoms with Crippen LogP contribution in [0.25, 0.3) is 17.3 Å². The van der Waals surface area contributed by atoms with Gasteiger partial charge in [0.15, 0.2) is 5.82 Å². The first-order chi connectivity index (χ1) is 14.9. The van der Waals surface area contributed by atoms with Gasteiger partial charge in [0, 0.05) is 9.13 Å². The molecule has 0 radical (unpaired) electrons. The second kappa shape index (κ2) is 9.28. The molecule has 0 atom stereocenters. The first-order valence-corrected chi connectivity index (χ1v) is 11.3. The van der Waals surface area contributed by atoms with Gasteiger partial charge in [-0.3, -0.25) is 4.79 Å². The summed E-state index contributed by atoms with van der Waals surface area (Å²) in [7, 11) is 0. The summed E-state index contributed by atoms with van der Waals surface area (Å²) in [4.78, 5) is 22.4. The van der Waals surface area contributed by atoms with Gasteiger partial charge in [0.2, 0.25) is 5.91 Å². The summed E-state index contributed by atoms with van der Waals surface area (Å²) in [6.07, 6.45) is 3.82. The van der Waals surface area contributed by atoms with Crippen LogP contribution in [0.5, 0.6) is 0 Å². The summed E-state index contributed by atoms with van der Waals surface area (Å²) < 4.78 is 1.14. The minimum atomic E-state index is -0.109. The number of carbonyl (C=O) groups is 1. The smallest absolute Gasteiger partial charge is 0.230 e. The molecule has 0 bridgehead atoms. The molecule has 2 aromatic carbocycles. The van der Waals surface area contributed by atoms with Gasteiger partial charge in [-0.25, -0.2) is 9.97 Å². The van der Waals surface area contributed by atoms with E-state index in [9.17, 15) is 9.90 Å². The summed E-state index contributed by atoms with van der Waals surface area (Å²) >= 11 is 2.25. The Morgan fingerprint density at radius 3 is 2.55 bits per heavy atom. The Balaban J connectivity index is 1.67. The average molecular weight is 525 g/mol. The maximum Gasteiger partial charge on any atom is 0.230 e. The predicted molar refractivity (Wildman–Crippen MR) is 132 cm³/mol. The number of hydrogen-bond acceptors (Lipinski definition) is 4. The number of nitrogens with one attached hydrogen (secondary N) is 1. The van der Waals surface area contributed by atoms with Crippen molar-refractivity contribution in [3.05, 3.63) is 79.7 Å². The van der Waals surface area contributed by atoms with Crippen LogP contribution in [0.1, 0.15) is 41.9 Å². The molecule has 0 fully saturated rings. The van der Waals surface area contributed by atoms with Crippen LogP contribution >= 0.6 is 22.6 Å². The molecule has 1 aliphatic rings. The lowest BCUT2D eigenvalue weighted by Crippen LogP contribution is -2.19. The number of aliphatic hydroxyl groups is 1. The summed E-state index contributed by atoms with van der Waals surface area (Å²) in [5, 5.41) is 12.4. The highest BCUT2D eigenvalue weighted by Gasteiger charge is 2.22. The number of hydrogen-bond donors (Lipinski definition) is 2. The Bertz CT molecular complexity index is 1170. The quantitative estimate of drug-likeness (QED) is 0.463. The Hall–Kier alpha value is -2.58. The molecule has 1 amide bonds. The molecule has 1 aromatic heterocycles. The van der Waals surface area contributed by atoms with E-state index in [1.807, 2.05) is 62.4 Å². The van der Waals surface area contributed by atoms with Crippen LogP contribution in [-0.4, -0.2) is 21.0 Å². The van der Waals surface area contributed by atoms with Crippen LogP contribution in [0.3, 0.4) is 0 Å². The zero-order chi connectivity index (χ0) is 22.0. The van der Waals surface area contributed by atoms with Crippen molar-refractivity contribution in [1.82, 2.24) is 9.97 Å². The number of anilines is 1. The van der Waals surface area contributed by atoms with E-state index in [4.69, 9.17) is 9.97 Å². The summed E-state index contributed by atoms with van der Waals surface area (Å²) in [5.41, 5.74) is 7.56. The number of allylic oxidation sites excluding steroid dienone is 1. The molecule has 5 nitrogen and oxygen atoms in total. The zero-order valence-corrected chi connectivity index (χ0v) is 19.7. The van der Waals surface area contributed by atoms with Crippen molar-refractivity contribution < 1.29 is 9.90 Å². The minimum absolute atomic E-state index is 0.0281. The van der Waals surface area contributed by atoms with E-state index >= 15 is 0 Å². The first-order valence-electron chi connectivity index (χ1n) is 10.3. The molecule has 4 rings (SSSR count). The summed E-state index contributed by atoms with van der Waals surface area (Å²) in [6.45, 7) is 4.03. The molecule has 0 spiro atoms. The number of aryl methyl sites for hydroxylation is 2. The normalized spacial score (nSPS) is 12.0. The van der Waals surface area contributed by atoms with Crippen molar-refractivity contribution >= 4 is 40.4 Å². The van der Waals surface area contributed by atoms with Crippen molar-refractivity contribution in [2.24, 2.45) is 0 Å². The van der Waals surface area contributed by atoms with Crippen molar-refractivity contribution in [3.8, 4) is 11.3 Å². The standard InChI is InChI=1S/C25H24IN3O2/c1-15(2)11-22-25(29-23(31)13-16-3-7-19(26)8-4-16)28-21-10-6-18-12-17(14-30)5-9-20(18)24(21)27-22/h3-5,7-9,11-12,30H,6,10,13-14H2,1-2H3,(H,28,29,31).